The van der Waals surface area contributed by atoms with Crippen LogP contribution in [-0.2, 0) is 4.79 Å². The maximum absolute atomic E-state index is 11.8. The molecule has 0 aromatic heterocycles. The lowest BCUT2D eigenvalue weighted by molar-refractivity contribution is -0.118. The van der Waals surface area contributed by atoms with Gasteiger partial charge in [-0.05, 0) is 18.6 Å². The minimum Gasteiger partial charge on any atom is -0.273 e. The number of hydrogen-bond acceptors (Lipinski definition) is 2. The Bertz CT molecular complexity index is 338. The highest BCUT2D eigenvalue weighted by atomic mass is 16.2. The lowest BCUT2D eigenvalue weighted by Crippen LogP contribution is -2.37. The lowest BCUT2D eigenvalue weighted by Gasteiger charge is -2.16. The van der Waals surface area contributed by atoms with Crippen LogP contribution in [-0.4, -0.2) is 5.91 Å². The third-order valence-corrected chi connectivity index (χ3v) is 3.05. The molecule has 1 aromatic carbocycles. The van der Waals surface area contributed by atoms with Gasteiger partial charge in [-0.3, -0.25) is 4.79 Å². The van der Waals surface area contributed by atoms with Crippen molar-refractivity contribution in [2.24, 2.45) is 5.84 Å². The van der Waals surface area contributed by atoms with Gasteiger partial charge in [0, 0.05) is 6.42 Å². The van der Waals surface area contributed by atoms with Crippen LogP contribution in [0.15, 0.2) is 30.3 Å². The number of anilines is 1. The number of carbonyl (C=O) groups is 1. The van der Waals surface area contributed by atoms with E-state index < -0.39 is 0 Å². The number of hydrazine groups is 1. The Balaban J connectivity index is 2.20. The molecule has 0 spiro atoms. The summed E-state index contributed by atoms with van der Waals surface area (Å²) in [6, 6.07) is 9.37. The second-order valence-corrected chi connectivity index (χ2v) is 4.62. The molecule has 0 aliphatic heterocycles. The molecule has 3 heteroatoms. The predicted molar refractivity (Wildman–Crippen MR) is 76.1 cm³/mol. The first-order valence-corrected chi connectivity index (χ1v) is 6.88. The number of nitrogens with two attached hydrogens (primary N) is 1. The van der Waals surface area contributed by atoms with E-state index in [2.05, 4.69) is 6.92 Å². The van der Waals surface area contributed by atoms with Crippen LogP contribution in [0.1, 0.15) is 51.9 Å². The third kappa shape index (κ3) is 5.32. The average molecular weight is 248 g/mol. The summed E-state index contributed by atoms with van der Waals surface area (Å²) in [5.74, 6) is 5.78. The number of rotatable bonds is 8. The molecule has 2 N–H and O–H groups in total. The van der Waals surface area contributed by atoms with Gasteiger partial charge in [0.15, 0.2) is 0 Å². The molecule has 100 valence electrons. The summed E-state index contributed by atoms with van der Waals surface area (Å²) in [4.78, 5) is 11.8. The number of amides is 1. The van der Waals surface area contributed by atoms with Crippen LogP contribution in [0, 0.1) is 0 Å². The Kier molecular flexibility index (Phi) is 7.11. The number of hydrogen-bond donors (Lipinski definition) is 1. The molecule has 0 fully saturated rings. The molecular formula is C15H24N2O. The molecular weight excluding hydrogens is 224 g/mol. The first kappa shape index (κ1) is 14.7. The molecule has 0 aliphatic carbocycles. The Hall–Kier alpha value is -1.35. The summed E-state index contributed by atoms with van der Waals surface area (Å²) < 4.78 is 0. The van der Waals surface area contributed by atoms with Crippen molar-refractivity contribution in [2.75, 3.05) is 5.01 Å². The molecule has 0 atom stereocenters. The lowest BCUT2D eigenvalue weighted by atomic mass is 10.1. The standard InChI is InChI=1S/C15H24N2O/c1-2-3-4-5-6-10-13-15(18)17(16)14-11-8-7-9-12-14/h7-9,11-12H,2-6,10,13,16H2,1H3. The largest absolute Gasteiger partial charge is 0.273 e. The minimum absolute atomic E-state index is 0.00306. The topological polar surface area (TPSA) is 46.3 Å². The van der Waals surface area contributed by atoms with E-state index in [-0.39, 0.29) is 5.91 Å². The van der Waals surface area contributed by atoms with E-state index >= 15 is 0 Å². The van der Waals surface area contributed by atoms with Gasteiger partial charge in [-0.1, -0.05) is 57.2 Å². The Morgan fingerprint density at radius 1 is 1.06 bits per heavy atom. The third-order valence-electron chi connectivity index (χ3n) is 3.05. The van der Waals surface area contributed by atoms with E-state index in [4.69, 9.17) is 5.84 Å². The molecule has 0 saturated carbocycles. The smallest absolute Gasteiger partial charge is 0.241 e. The van der Waals surface area contributed by atoms with Gasteiger partial charge in [-0.25, -0.2) is 10.9 Å². The fourth-order valence-corrected chi connectivity index (χ4v) is 1.91. The maximum atomic E-state index is 11.8. The predicted octanol–water partition coefficient (Wildman–Crippen LogP) is 3.64. The SMILES string of the molecule is CCCCCCCCC(=O)N(N)c1ccccc1. The molecule has 0 heterocycles. The highest BCUT2D eigenvalue weighted by molar-refractivity contribution is 5.91. The zero-order chi connectivity index (χ0) is 13.2. The van der Waals surface area contributed by atoms with Crippen molar-refractivity contribution in [3.63, 3.8) is 0 Å². The van der Waals surface area contributed by atoms with E-state index in [0.717, 1.165) is 18.5 Å². The number of para-hydroxylation sites is 1. The molecule has 0 bridgehead atoms. The fourth-order valence-electron chi connectivity index (χ4n) is 1.91. The van der Waals surface area contributed by atoms with Crippen molar-refractivity contribution in [3.05, 3.63) is 30.3 Å². The summed E-state index contributed by atoms with van der Waals surface area (Å²) in [5, 5.41) is 1.26. The van der Waals surface area contributed by atoms with Crippen molar-refractivity contribution >= 4 is 11.6 Å². The van der Waals surface area contributed by atoms with Crippen LogP contribution in [0.4, 0.5) is 5.69 Å². The molecule has 0 aliphatic rings. The van der Waals surface area contributed by atoms with E-state index in [9.17, 15) is 4.79 Å². The van der Waals surface area contributed by atoms with E-state index in [1.807, 2.05) is 30.3 Å². The van der Waals surface area contributed by atoms with Crippen molar-refractivity contribution in [3.8, 4) is 0 Å². The van der Waals surface area contributed by atoms with Gasteiger partial charge < -0.3 is 0 Å². The zero-order valence-electron chi connectivity index (χ0n) is 11.3. The van der Waals surface area contributed by atoms with E-state index in [0.29, 0.717) is 6.42 Å². The highest BCUT2D eigenvalue weighted by Crippen LogP contribution is 2.12. The molecule has 1 amide bonds. The average Bonchev–Trinajstić information content (AvgIpc) is 2.42. The second kappa shape index (κ2) is 8.70. The zero-order valence-corrected chi connectivity index (χ0v) is 11.3. The number of carbonyl (C=O) groups excluding carboxylic acids is 1. The summed E-state index contributed by atoms with van der Waals surface area (Å²) in [6.07, 6.45) is 7.63. The molecule has 18 heavy (non-hydrogen) atoms. The number of nitrogens with zero attached hydrogens (tertiary/aromatic N) is 1. The molecule has 1 rings (SSSR count). The van der Waals surface area contributed by atoms with Crippen LogP contribution < -0.4 is 10.9 Å². The van der Waals surface area contributed by atoms with Gasteiger partial charge >= 0.3 is 0 Å². The van der Waals surface area contributed by atoms with Gasteiger partial charge in [-0.2, -0.15) is 0 Å². The number of benzene rings is 1. The van der Waals surface area contributed by atoms with Gasteiger partial charge in [0.25, 0.3) is 0 Å². The summed E-state index contributed by atoms with van der Waals surface area (Å²) in [5.41, 5.74) is 0.758. The van der Waals surface area contributed by atoms with Crippen molar-refractivity contribution in [2.45, 2.75) is 51.9 Å². The van der Waals surface area contributed by atoms with E-state index in [1.165, 1.54) is 30.7 Å². The van der Waals surface area contributed by atoms with Crippen molar-refractivity contribution in [1.29, 1.82) is 0 Å². The Morgan fingerprint density at radius 2 is 1.67 bits per heavy atom. The fraction of sp³-hybridized carbons (Fsp3) is 0.533. The van der Waals surface area contributed by atoms with Crippen LogP contribution in [0.25, 0.3) is 0 Å². The molecule has 0 unspecified atom stereocenters. The van der Waals surface area contributed by atoms with Crippen LogP contribution in [0.2, 0.25) is 0 Å². The quantitative estimate of drug-likeness (QED) is 0.330. The Morgan fingerprint density at radius 3 is 2.33 bits per heavy atom. The highest BCUT2D eigenvalue weighted by Gasteiger charge is 2.10. The van der Waals surface area contributed by atoms with Gasteiger partial charge in [0.1, 0.15) is 0 Å². The molecule has 1 aromatic rings. The second-order valence-electron chi connectivity index (χ2n) is 4.62. The Labute approximate surface area is 110 Å². The first-order chi connectivity index (χ1) is 8.75. The minimum atomic E-state index is -0.00306. The van der Waals surface area contributed by atoms with Gasteiger partial charge in [-0.15, -0.1) is 0 Å². The monoisotopic (exact) mass is 248 g/mol. The normalized spacial score (nSPS) is 10.3. The van der Waals surface area contributed by atoms with E-state index in [1.54, 1.807) is 0 Å². The van der Waals surface area contributed by atoms with Crippen LogP contribution in [0.5, 0.6) is 0 Å². The summed E-state index contributed by atoms with van der Waals surface area (Å²) >= 11 is 0. The van der Waals surface area contributed by atoms with Gasteiger partial charge in [0.2, 0.25) is 5.91 Å². The van der Waals surface area contributed by atoms with Crippen LogP contribution in [0.3, 0.4) is 0 Å². The first-order valence-electron chi connectivity index (χ1n) is 6.88. The summed E-state index contributed by atoms with van der Waals surface area (Å²) in [7, 11) is 0. The molecule has 0 saturated heterocycles. The van der Waals surface area contributed by atoms with Crippen LogP contribution >= 0.6 is 0 Å². The van der Waals surface area contributed by atoms with Crippen molar-refractivity contribution < 1.29 is 4.79 Å². The summed E-state index contributed by atoms with van der Waals surface area (Å²) in [6.45, 7) is 2.20. The van der Waals surface area contributed by atoms with Gasteiger partial charge in [0.05, 0.1) is 5.69 Å². The number of unbranched alkanes of at least 4 members (excludes halogenated alkanes) is 5. The molecule has 3 nitrogen and oxygen atoms in total. The maximum Gasteiger partial charge on any atom is 0.241 e. The molecule has 0 radical (unpaired) electrons. The van der Waals surface area contributed by atoms with Crippen molar-refractivity contribution in [1.82, 2.24) is 0 Å².